The number of nitrogens with zero attached hydrogens (tertiary/aromatic N) is 1. The minimum Gasteiger partial charge on any atom is -0.493 e. The fourth-order valence-electron chi connectivity index (χ4n) is 5.47. The lowest BCUT2D eigenvalue weighted by Crippen LogP contribution is -2.26. The van der Waals surface area contributed by atoms with Crippen molar-refractivity contribution in [3.05, 3.63) is 64.7 Å². The monoisotopic (exact) mass is 629 g/mol. The van der Waals surface area contributed by atoms with Crippen LogP contribution < -0.4 is 28.6 Å². The van der Waals surface area contributed by atoms with Crippen LogP contribution in [0, 0.1) is 0 Å². The number of thioether (sulfide) groups is 1. The van der Waals surface area contributed by atoms with E-state index in [0.29, 0.717) is 23.9 Å². The predicted octanol–water partition coefficient (Wildman–Crippen LogP) is 8.76. The van der Waals surface area contributed by atoms with Gasteiger partial charge in [0.1, 0.15) is 0 Å². The molecule has 4 rings (SSSR count). The summed E-state index contributed by atoms with van der Waals surface area (Å²) in [7, 11) is 6.58. The maximum Gasteiger partial charge on any atom is 0.203 e. The van der Waals surface area contributed by atoms with Gasteiger partial charge in [0.05, 0.1) is 52.9 Å². The minimum absolute atomic E-state index is 0.0867. The summed E-state index contributed by atoms with van der Waals surface area (Å²) in [5.41, 5.74) is 3.14. The molecule has 0 spiro atoms. The number of hydrogen-bond acceptors (Lipinski definition) is 8. The molecule has 234 valence electrons. The number of halogens is 1. The van der Waals surface area contributed by atoms with Crippen LogP contribution in [0.3, 0.4) is 0 Å². The third kappa shape index (κ3) is 8.16. The Morgan fingerprint density at radius 2 is 1.30 bits per heavy atom. The molecule has 43 heavy (non-hydrogen) atoms. The summed E-state index contributed by atoms with van der Waals surface area (Å²) in [6.07, 6.45) is 3.62. The fourth-order valence-corrected chi connectivity index (χ4v) is 6.32. The van der Waals surface area contributed by atoms with Crippen molar-refractivity contribution in [2.75, 3.05) is 58.8 Å². The number of rotatable bonds is 16. The van der Waals surface area contributed by atoms with Crippen LogP contribution >= 0.6 is 23.4 Å². The molecular weight excluding hydrogens is 586 g/mol. The summed E-state index contributed by atoms with van der Waals surface area (Å²) in [6, 6.07) is 16.1. The topological polar surface area (TPSA) is 58.6 Å². The summed E-state index contributed by atoms with van der Waals surface area (Å²) in [4.78, 5) is 3.56. The Balaban J connectivity index is 1.58. The minimum atomic E-state index is -0.101. The van der Waals surface area contributed by atoms with Crippen molar-refractivity contribution in [2.45, 2.75) is 56.6 Å². The van der Waals surface area contributed by atoms with Gasteiger partial charge in [-0.05, 0) is 85.3 Å². The highest BCUT2D eigenvalue weighted by Crippen LogP contribution is 2.48. The van der Waals surface area contributed by atoms with E-state index in [1.54, 1.807) is 40.2 Å². The number of ether oxygens (including phenoxy) is 6. The second kappa shape index (κ2) is 16.2. The summed E-state index contributed by atoms with van der Waals surface area (Å²) < 4.78 is 35.8. The van der Waals surface area contributed by atoms with Gasteiger partial charge in [0, 0.05) is 28.8 Å². The van der Waals surface area contributed by atoms with E-state index in [9.17, 15) is 0 Å². The van der Waals surface area contributed by atoms with Crippen LogP contribution in [0.4, 0.5) is 5.69 Å². The molecule has 0 N–H and O–H groups in total. The summed E-state index contributed by atoms with van der Waals surface area (Å²) in [5, 5.41) is 0.739. The zero-order valence-electron chi connectivity index (χ0n) is 26.1. The van der Waals surface area contributed by atoms with Crippen molar-refractivity contribution in [2.24, 2.45) is 0 Å². The van der Waals surface area contributed by atoms with Gasteiger partial charge in [0.15, 0.2) is 23.0 Å². The van der Waals surface area contributed by atoms with Crippen molar-refractivity contribution in [1.29, 1.82) is 0 Å². The van der Waals surface area contributed by atoms with Crippen molar-refractivity contribution in [1.82, 2.24) is 0 Å². The van der Waals surface area contributed by atoms with E-state index < -0.39 is 0 Å². The lowest BCUT2D eigenvalue weighted by molar-refractivity contribution is 0.0437. The summed E-state index contributed by atoms with van der Waals surface area (Å²) >= 11 is 7.79. The first kappa shape index (κ1) is 33.0. The zero-order valence-corrected chi connectivity index (χ0v) is 27.7. The quantitative estimate of drug-likeness (QED) is 0.115. The molecule has 0 amide bonds. The van der Waals surface area contributed by atoms with E-state index in [2.05, 4.69) is 30.9 Å². The van der Waals surface area contributed by atoms with Gasteiger partial charge in [0.25, 0.3) is 0 Å². The van der Waals surface area contributed by atoms with Crippen LogP contribution in [0.5, 0.6) is 28.7 Å². The molecule has 3 aromatic carbocycles. The molecule has 2 unspecified atom stereocenters. The second-order valence-electron chi connectivity index (χ2n) is 10.4. The molecule has 0 saturated carbocycles. The lowest BCUT2D eigenvalue weighted by atomic mass is 10.0. The summed E-state index contributed by atoms with van der Waals surface area (Å²) in [5.74, 6) is 4.13. The number of methoxy groups -OCH3 is 4. The van der Waals surface area contributed by atoms with Crippen LogP contribution in [0.1, 0.15) is 62.9 Å². The normalized spacial score (nSPS) is 16.2. The molecule has 1 fully saturated rings. The number of benzene rings is 3. The maximum absolute atomic E-state index is 6.68. The molecular formula is C34H44ClNO6S. The van der Waals surface area contributed by atoms with Gasteiger partial charge in [-0.3, -0.25) is 0 Å². The largest absolute Gasteiger partial charge is 0.493 e. The molecule has 0 bridgehead atoms. The van der Waals surface area contributed by atoms with Crippen molar-refractivity contribution in [3.8, 4) is 28.7 Å². The van der Waals surface area contributed by atoms with Crippen molar-refractivity contribution < 1.29 is 28.4 Å². The van der Waals surface area contributed by atoms with Crippen LogP contribution in [0.25, 0.3) is 0 Å². The summed E-state index contributed by atoms with van der Waals surface area (Å²) in [6.45, 7) is 6.81. The van der Waals surface area contributed by atoms with Gasteiger partial charge >= 0.3 is 0 Å². The van der Waals surface area contributed by atoms with Gasteiger partial charge in [0.2, 0.25) is 5.75 Å². The van der Waals surface area contributed by atoms with E-state index >= 15 is 0 Å². The highest BCUT2D eigenvalue weighted by molar-refractivity contribution is 7.99. The standard InChI is InChI=1S/C34H44ClNO6S/c1-7-15-36(16-8-2)27-19-23(20-30(37-3)33(27)41-17-18-43-26-11-9-25(35)10-12-26)28-13-14-29(42-28)24-21-31(38-4)34(40-6)32(22-24)39-5/h9-12,19-22,28-29H,7-8,13-18H2,1-6H3. The van der Waals surface area contributed by atoms with Crippen LogP contribution in [0.2, 0.25) is 5.02 Å². The van der Waals surface area contributed by atoms with E-state index in [1.807, 2.05) is 36.4 Å². The second-order valence-corrected chi connectivity index (χ2v) is 12.0. The zero-order chi connectivity index (χ0) is 30.8. The van der Waals surface area contributed by atoms with E-state index in [0.717, 1.165) is 82.8 Å². The van der Waals surface area contributed by atoms with E-state index in [-0.39, 0.29) is 12.2 Å². The Hall–Kier alpha value is -2.94. The highest BCUT2D eigenvalue weighted by Gasteiger charge is 2.31. The van der Waals surface area contributed by atoms with Crippen molar-refractivity contribution in [3.63, 3.8) is 0 Å². The Labute approximate surface area is 265 Å². The van der Waals surface area contributed by atoms with Gasteiger partial charge in [-0.2, -0.15) is 0 Å². The average Bonchev–Trinajstić information content (AvgIpc) is 3.53. The number of anilines is 1. The molecule has 1 heterocycles. The lowest BCUT2D eigenvalue weighted by Gasteiger charge is -2.28. The molecule has 2 atom stereocenters. The van der Waals surface area contributed by atoms with Gasteiger partial charge in [-0.15, -0.1) is 11.8 Å². The van der Waals surface area contributed by atoms with Gasteiger partial charge in [-0.1, -0.05) is 25.4 Å². The van der Waals surface area contributed by atoms with Crippen LogP contribution in [-0.2, 0) is 4.74 Å². The van der Waals surface area contributed by atoms with Crippen LogP contribution in [0.15, 0.2) is 53.4 Å². The first-order valence-corrected chi connectivity index (χ1v) is 16.3. The fraction of sp³-hybridized carbons (Fsp3) is 0.471. The Morgan fingerprint density at radius 1 is 0.767 bits per heavy atom. The third-order valence-corrected chi connectivity index (χ3v) is 8.70. The first-order chi connectivity index (χ1) is 21.0. The predicted molar refractivity (Wildman–Crippen MR) is 175 cm³/mol. The Bertz CT molecular complexity index is 1290. The smallest absolute Gasteiger partial charge is 0.203 e. The SMILES string of the molecule is CCCN(CCC)c1cc(C2CCC(c3cc(OC)c(OC)c(OC)c3)O2)cc(OC)c1OCCSc1ccc(Cl)cc1. The number of hydrogen-bond donors (Lipinski definition) is 0. The van der Waals surface area contributed by atoms with Gasteiger partial charge in [-0.25, -0.2) is 0 Å². The molecule has 3 aromatic rings. The average molecular weight is 630 g/mol. The first-order valence-electron chi connectivity index (χ1n) is 14.9. The molecule has 1 aliphatic rings. The molecule has 0 radical (unpaired) electrons. The Morgan fingerprint density at radius 3 is 1.81 bits per heavy atom. The van der Waals surface area contributed by atoms with Crippen LogP contribution in [-0.4, -0.2) is 53.9 Å². The van der Waals surface area contributed by atoms with E-state index in [1.165, 1.54) is 0 Å². The third-order valence-electron chi connectivity index (χ3n) is 7.47. The Kier molecular flexibility index (Phi) is 12.4. The van der Waals surface area contributed by atoms with Crippen molar-refractivity contribution >= 4 is 29.1 Å². The highest BCUT2D eigenvalue weighted by atomic mass is 35.5. The molecule has 0 aromatic heterocycles. The molecule has 9 heteroatoms. The molecule has 0 aliphatic carbocycles. The molecule has 1 saturated heterocycles. The molecule has 1 aliphatic heterocycles. The van der Waals surface area contributed by atoms with E-state index in [4.69, 9.17) is 40.0 Å². The maximum atomic E-state index is 6.68. The molecule has 7 nitrogen and oxygen atoms in total. The van der Waals surface area contributed by atoms with Gasteiger partial charge < -0.3 is 33.3 Å².